The van der Waals surface area contributed by atoms with Gasteiger partial charge in [-0.3, -0.25) is 44.5 Å². The highest BCUT2D eigenvalue weighted by molar-refractivity contribution is 7.80. The Hall–Kier alpha value is -3.69. The summed E-state index contributed by atoms with van der Waals surface area (Å²) in [6.45, 7) is 0. The molecule has 9 nitrogen and oxygen atoms in total. The van der Waals surface area contributed by atoms with Crippen molar-refractivity contribution in [3.63, 3.8) is 0 Å². The van der Waals surface area contributed by atoms with E-state index in [1.54, 1.807) is 0 Å². The van der Waals surface area contributed by atoms with E-state index >= 15 is 0 Å². The lowest BCUT2D eigenvalue weighted by atomic mass is 10.3. The summed E-state index contributed by atoms with van der Waals surface area (Å²) in [7, 11) is 0. The van der Waals surface area contributed by atoms with Crippen molar-refractivity contribution in [1.82, 2.24) is 0 Å². The third-order valence-corrected chi connectivity index (χ3v) is 3.96. The highest BCUT2D eigenvalue weighted by Crippen LogP contribution is 2.15. The van der Waals surface area contributed by atoms with Gasteiger partial charge in [0, 0.05) is 51.1 Å². The first-order chi connectivity index (χ1) is 14.1. The van der Waals surface area contributed by atoms with Gasteiger partial charge >= 0.3 is 0 Å². The number of nitrogens with zero attached hydrogens (tertiary/aromatic N) is 3. The van der Waals surface area contributed by atoms with Gasteiger partial charge in [0.1, 0.15) is 0 Å². The molecule has 0 saturated heterocycles. The van der Waals surface area contributed by atoms with Gasteiger partial charge in [-0.15, -0.1) is 0 Å². The lowest BCUT2D eigenvalue weighted by molar-refractivity contribution is -0.385. The summed E-state index contributed by atoms with van der Waals surface area (Å²) in [5.41, 5.74) is 0.232. The minimum Gasteiger partial charge on any atom is -0.269 e. The van der Waals surface area contributed by atoms with Crippen molar-refractivity contribution >= 4 is 54.9 Å². The molecule has 33 heavy (non-hydrogen) atoms. The van der Waals surface area contributed by atoms with Crippen LogP contribution in [0, 0.1) is 30.3 Å². The third-order valence-electron chi connectivity index (χ3n) is 3.14. The van der Waals surface area contributed by atoms with Crippen molar-refractivity contribution in [2.24, 2.45) is 0 Å². The minimum absolute atomic E-state index is 0. The van der Waals surface area contributed by atoms with Crippen molar-refractivity contribution in [2.75, 3.05) is 0 Å². The van der Waals surface area contributed by atoms with Crippen LogP contribution < -0.4 is 0 Å². The normalized spacial score (nSPS) is 8.36. The van der Waals surface area contributed by atoms with Crippen LogP contribution >= 0.6 is 37.9 Å². The quantitative estimate of drug-likeness (QED) is 0.271. The zero-order valence-corrected chi connectivity index (χ0v) is 18.6. The van der Waals surface area contributed by atoms with Gasteiger partial charge in [0.15, 0.2) is 0 Å². The van der Waals surface area contributed by atoms with E-state index in [4.69, 9.17) is 37.9 Å². The lowest BCUT2D eigenvalue weighted by Crippen LogP contribution is -1.85. The van der Waals surface area contributed by atoms with Crippen molar-refractivity contribution in [3.8, 4) is 0 Å². The van der Waals surface area contributed by atoms with Gasteiger partial charge in [-0.05, 0) is 36.4 Å². The maximum absolute atomic E-state index is 10.1. The second-order valence-corrected chi connectivity index (χ2v) is 6.67. The van der Waals surface area contributed by atoms with Gasteiger partial charge in [-0.2, -0.15) is 0 Å². The first kappa shape index (κ1) is 33.9. The Balaban J connectivity index is -0.000000391. The maximum atomic E-state index is 10.1. The summed E-state index contributed by atoms with van der Waals surface area (Å²) < 4.78 is 0. The van der Waals surface area contributed by atoms with E-state index in [1.807, 2.05) is 0 Å². The molecule has 3 rings (SSSR count). The zero-order chi connectivity index (χ0) is 22.7. The molecular weight excluding hydrogens is 507 g/mol. The molecule has 0 unspecified atom stereocenters. The van der Waals surface area contributed by atoms with E-state index in [1.165, 1.54) is 72.8 Å². The molecule has 15 heteroatoms. The van der Waals surface area contributed by atoms with Crippen LogP contribution in [0.25, 0.3) is 0 Å². The predicted octanol–water partition coefficient (Wildman–Crippen LogP) is 6.91. The number of nitro groups is 3. The number of hydrogen-bond acceptors (Lipinski definition) is 6. The fraction of sp³-hybridized carbons (Fsp3) is 0. The molecule has 0 spiro atoms. The average Bonchev–Trinajstić information content (AvgIpc) is 2.70. The molecule has 0 atom stereocenters. The molecule has 0 aliphatic rings. The molecule has 0 N–H and O–H groups in total. The SMILES string of the molecule is F.F.F.O=[N+]([O-])c1ccc([S])cc1.O=[N+]([O-])c1ccc([S])cc1.O=[N+]([O-])c1ccc([S])cc1. The van der Waals surface area contributed by atoms with Crippen LogP contribution in [-0.4, -0.2) is 14.8 Å². The molecule has 0 aliphatic carbocycles. The number of nitro benzene ring substituents is 3. The van der Waals surface area contributed by atoms with Gasteiger partial charge in [0.2, 0.25) is 0 Å². The molecular formula is C18H15F3N3O6S3. The van der Waals surface area contributed by atoms with Crippen molar-refractivity contribution < 1.29 is 28.9 Å². The van der Waals surface area contributed by atoms with Crippen LogP contribution in [0.1, 0.15) is 0 Å². The van der Waals surface area contributed by atoms with E-state index < -0.39 is 14.8 Å². The zero-order valence-electron chi connectivity index (χ0n) is 16.2. The van der Waals surface area contributed by atoms with E-state index in [0.29, 0.717) is 14.7 Å². The topological polar surface area (TPSA) is 129 Å². The Kier molecular flexibility index (Phi) is 17.4. The molecule has 3 aromatic carbocycles. The van der Waals surface area contributed by atoms with Gasteiger partial charge < -0.3 is 0 Å². The summed E-state index contributed by atoms with van der Waals surface area (Å²) in [4.78, 5) is 30.8. The molecule has 0 saturated carbocycles. The number of rotatable bonds is 3. The van der Waals surface area contributed by atoms with Crippen LogP contribution in [-0.2, 0) is 0 Å². The second-order valence-electron chi connectivity index (χ2n) is 5.25. The fourth-order valence-corrected chi connectivity index (χ4v) is 2.11. The Morgan fingerprint density at radius 3 is 0.697 bits per heavy atom. The summed E-state index contributed by atoms with van der Waals surface area (Å²) in [5.74, 6) is 0. The third kappa shape index (κ3) is 13.4. The molecule has 0 aliphatic heterocycles. The van der Waals surface area contributed by atoms with Crippen molar-refractivity contribution in [3.05, 3.63) is 103 Å². The standard InChI is InChI=1S/3C6H4NO2S.3FH/c3*8-7(9)5-1-3-6(10)4-2-5;;;/h3*1-4H;3*1H. The largest absolute Gasteiger partial charge is 0.269 e. The average molecular weight is 523 g/mol. The van der Waals surface area contributed by atoms with Crippen LogP contribution in [0.5, 0.6) is 0 Å². The molecule has 3 radical (unpaired) electrons. The van der Waals surface area contributed by atoms with Gasteiger partial charge in [-0.1, -0.05) is 37.9 Å². The molecule has 0 amide bonds. The van der Waals surface area contributed by atoms with Crippen LogP contribution in [0.4, 0.5) is 31.2 Å². The molecule has 0 bridgehead atoms. The van der Waals surface area contributed by atoms with Crippen LogP contribution in [0.2, 0.25) is 0 Å². The number of benzene rings is 3. The summed E-state index contributed by atoms with van der Waals surface area (Å²) in [6.07, 6.45) is 0. The van der Waals surface area contributed by atoms with Crippen LogP contribution in [0.15, 0.2) is 87.5 Å². The molecule has 0 fully saturated rings. The number of hydrogen-bond donors (Lipinski definition) is 0. The van der Waals surface area contributed by atoms with Crippen LogP contribution in [0.3, 0.4) is 0 Å². The molecule has 3 aromatic rings. The van der Waals surface area contributed by atoms with E-state index in [9.17, 15) is 30.3 Å². The Morgan fingerprint density at radius 2 is 0.576 bits per heavy atom. The number of halogens is 3. The second kappa shape index (κ2) is 16.9. The highest BCUT2D eigenvalue weighted by atomic mass is 32.1. The smallest absolute Gasteiger partial charge is 0.269 e. The predicted molar refractivity (Wildman–Crippen MR) is 124 cm³/mol. The maximum Gasteiger partial charge on any atom is 0.269 e. The summed E-state index contributed by atoms with van der Waals surface area (Å²) in [6, 6.07) is 17.6. The monoisotopic (exact) mass is 522 g/mol. The Labute approximate surface area is 201 Å². The number of non-ortho nitro benzene ring substituents is 3. The summed E-state index contributed by atoms with van der Waals surface area (Å²) in [5, 5.41) is 30.3. The lowest BCUT2D eigenvalue weighted by Gasteiger charge is -1.88. The van der Waals surface area contributed by atoms with Gasteiger partial charge in [-0.25, -0.2) is 0 Å². The van der Waals surface area contributed by atoms with E-state index in [0.717, 1.165) is 0 Å². The minimum atomic E-state index is -0.450. The molecule has 0 aromatic heterocycles. The first-order valence-corrected chi connectivity index (χ1v) is 9.07. The molecule has 0 heterocycles. The van der Waals surface area contributed by atoms with E-state index in [2.05, 4.69) is 0 Å². The fourth-order valence-electron chi connectivity index (χ4n) is 1.70. The molecule has 177 valence electrons. The van der Waals surface area contributed by atoms with Crippen molar-refractivity contribution in [2.45, 2.75) is 14.7 Å². The summed E-state index contributed by atoms with van der Waals surface area (Å²) >= 11 is 14.2. The van der Waals surface area contributed by atoms with Gasteiger partial charge in [0.25, 0.3) is 17.1 Å². The first-order valence-electron chi connectivity index (χ1n) is 7.84. The van der Waals surface area contributed by atoms with E-state index in [-0.39, 0.29) is 31.2 Å². The van der Waals surface area contributed by atoms with Gasteiger partial charge in [0.05, 0.1) is 14.8 Å². The van der Waals surface area contributed by atoms with Crippen molar-refractivity contribution in [1.29, 1.82) is 0 Å². The Bertz CT molecular complexity index is 880. The Morgan fingerprint density at radius 1 is 0.424 bits per heavy atom. The highest BCUT2D eigenvalue weighted by Gasteiger charge is 2.02.